The SMILES string of the molecule is O=C(Nc1cccc(Cl)c1Cl)[C@H]1CC=CC[C@H]1C(=O)[O-]. The van der Waals surface area contributed by atoms with E-state index in [0.29, 0.717) is 23.6 Å². The first-order chi connectivity index (χ1) is 9.50. The summed E-state index contributed by atoms with van der Waals surface area (Å²) in [4.78, 5) is 23.3. The Morgan fingerprint density at radius 3 is 2.45 bits per heavy atom. The third kappa shape index (κ3) is 3.14. The van der Waals surface area contributed by atoms with E-state index in [1.54, 1.807) is 30.4 Å². The van der Waals surface area contributed by atoms with Crippen LogP contribution in [0, 0.1) is 11.8 Å². The van der Waals surface area contributed by atoms with E-state index >= 15 is 0 Å². The highest BCUT2D eigenvalue weighted by molar-refractivity contribution is 6.44. The van der Waals surface area contributed by atoms with E-state index in [1.165, 1.54) is 0 Å². The minimum absolute atomic E-state index is 0.235. The van der Waals surface area contributed by atoms with Gasteiger partial charge >= 0.3 is 0 Å². The Kier molecular flexibility index (Phi) is 4.68. The molecule has 0 bridgehead atoms. The number of nitrogens with one attached hydrogen (secondary N) is 1. The second-order valence-electron chi connectivity index (χ2n) is 4.57. The number of amides is 1. The highest BCUT2D eigenvalue weighted by atomic mass is 35.5. The molecule has 0 saturated carbocycles. The van der Waals surface area contributed by atoms with Crippen molar-refractivity contribution >= 4 is 40.8 Å². The van der Waals surface area contributed by atoms with Gasteiger partial charge in [-0.2, -0.15) is 0 Å². The largest absolute Gasteiger partial charge is 0.550 e. The number of rotatable bonds is 3. The number of carbonyl (C=O) groups excluding carboxylic acids is 2. The lowest BCUT2D eigenvalue weighted by Crippen LogP contribution is -2.41. The number of allylic oxidation sites excluding steroid dienone is 2. The molecule has 2 rings (SSSR count). The first-order valence-corrected chi connectivity index (χ1v) is 6.87. The number of carboxylic acids is 1. The fraction of sp³-hybridized carbons (Fsp3) is 0.286. The first-order valence-electron chi connectivity index (χ1n) is 6.11. The lowest BCUT2D eigenvalue weighted by atomic mass is 9.82. The average molecular weight is 313 g/mol. The highest BCUT2D eigenvalue weighted by Crippen LogP contribution is 2.31. The Bertz CT molecular complexity index is 572. The van der Waals surface area contributed by atoms with Gasteiger partial charge < -0.3 is 15.2 Å². The molecular formula is C14H12Cl2NO3-. The fourth-order valence-corrected chi connectivity index (χ4v) is 2.54. The monoisotopic (exact) mass is 312 g/mol. The van der Waals surface area contributed by atoms with Crippen molar-refractivity contribution < 1.29 is 14.7 Å². The number of aliphatic carboxylic acids is 1. The number of anilines is 1. The second-order valence-corrected chi connectivity index (χ2v) is 5.35. The van der Waals surface area contributed by atoms with Crippen LogP contribution in [0.1, 0.15) is 12.8 Å². The average Bonchev–Trinajstić information content (AvgIpc) is 2.43. The van der Waals surface area contributed by atoms with Crippen LogP contribution >= 0.6 is 23.2 Å². The zero-order chi connectivity index (χ0) is 14.7. The molecular weight excluding hydrogens is 301 g/mol. The molecule has 0 unspecified atom stereocenters. The molecule has 2 atom stereocenters. The second kappa shape index (κ2) is 6.29. The van der Waals surface area contributed by atoms with Crippen molar-refractivity contribution in [3.8, 4) is 0 Å². The van der Waals surface area contributed by atoms with Crippen LogP contribution in [-0.4, -0.2) is 11.9 Å². The maximum absolute atomic E-state index is 12.2. The van der Waals surface area contributed by atoms with Crippen LogP contribution in [0.2, 0.25) is 10.0 Å². The summed E-state index contributed by atoms with van der Waals surface area (Å²) in [5.41, 5.74) is 0.371. The summed E-state index contributed by atoms with van der Waals surface area (Å²) in [6.07, 6.45) is 4.20. The van der Waals surface area contributed by atoms with Gasteiger partial charge in [-0.3, -0.25) is 4.79 Å². The summed E-state index contributed by atoms with van der Waals surface area (Å²) in [7, 11) is 0. The van der Waals surface area contributed by atoms with Crippen LogP contribution in [-0.2, 0) is 9.59 Å². The fourth-order valence-electron chi connectivity index (χ4n) is 2.19. The molecule has 4 nitrogen and oxygen atoms in total. The molecule has 6 heteroatoms. The maximum atomic E-state index is 12.2. The van der Waals surface area contributed by atoms with Gasteiger partial charge in [-0.1, -0.05) is 41.4 Å². The van der Waals surface area contributed by atoms with Crippen molar-refractivity contribution in [2.75, 3.05) is 5.32 Å². The minimum Gasteiger partial charge on any atom is -0.550 e. The van der Waals surface area contributed by atoms with Gasteiger partial charge in [-0.05, 0) is 25.0 Å². The lowest BCUT2D eigenvalue weighted by molar-refractivity contribution is -0.313. The molecule has 1 N–H and O–H groups in total. The third-order valence-electron chi connectivity index (χ3n) is 3.28. The lowest BCUT2D eigenvalue weighted by Gasteiger charge is -2.28. The number of halogens is 2. The quantitative estimate of drug-likeness (QED) is 0.870. The van der Waals surface area contributed by atoms with Gasteiger partial charge in [-0.25, -0.2) is 0 Å². The molecule has 20 heavy (non-hydrogen) atoms. The van der Waals surface area contributed by atoms with Crippen molar-refractivity contribution in [1.82, 2.24) is 0 Å². The smallest absolute Gasteiger partial charge is 0.228 e. The van der Waals surface area contributed by atoms with Crippen LogP contribution in [0.3, 0.4) is 0 Å². The normalized spacial score (nSPS) is 21.5. The Hall–Kier alpha value is -1.52. The molecule has 0 spiro atoms. The molecule has 1 aromatic carbocycles. The molecule has 106 valence electrons. The van der Waals surface area contributed by atoms with Gasteiger partial charge in [0.05, 0.1) is 21.7 Å². The summed E-state index contributed by atoms with van der Waals surface area (Å²) in [6, 6.07) is 4.87. The molecule has 0 aliphatic heterocycles. The van der Waals surface area contributed by atoms with E-state index in [2.05, 4.69) is 5.32 Å². The number of carbonyl (C=O) groups is 2. The summed E-state index contributed by atoms with van der Waals surface area (Å²) in [6.45, 7) is 0. The maximum Gasteiger partial charge on any atom is 0.228 e. The summed E-state index contributed by atoms with van der Waals surface area (Å²) < 4.78 is 0. The summed E-state index contributed by atoms with van der Waals surface area (Å²) in [5, 5.41) is 14.3. The number of hydrogen-bond donors (Lipinski definition) is 1. The molecule has 0 heterocycles. The Morgan fingerprint density at radius 1 is 1.15 bits per heavy atom. The van der Waals surface area contributed by atoms with Gasteiger partial charge in [-0.15, -0.1) is 0 Å². The summed E-state index contributed by atoms with van der Waals surface area (Å²) >= 11 is 11.8. The van der Waals surface area contributed by atoms with E-state index in [9.17, 15) is 14.7 Å². The van der Waals surface area contributed by atoms with Crippen molar-refractivity contribution in [2.24, 2.45) is 11.8 Å². The van der Waals surface area contributed by atoms with Crippen LogP contribution in [0.25, 0.3) is 0 Å². The summed E-state index contributed by atoms with van der Waals surface area (Å²) in [5.74, 6) is -3.10. The highest BCUT2D eigenvalue weighted by Gasteiger charge is 2.30. The standard InChI is InChI=1S/C14H13Cl2NO3/c15-10-6-3-7-11(12(10)16)17-13(18)8-4-1-2-5-9(8)14(19)20/h1-3,6-9H,4-5H2,(H,17,18)(H,19,20)/p-1/t8-,9+/m0/s1. The van der Waals surface area contributed by atoms with Crippen LogP contribution in [0.15, 0.2) is 30.4 Å². The zero-order valence-electron chi connectivity index (χ0n) is 10.4. The predicted molar refractivity (Wildman–Crippen MR) is 75.5 cm³/mol. The molecule has 1 aliphatic rings. The Balaban J connectivity index is 2.17. The van der Waals surface area contributed by atoms with Crippen LogP contribution in [0.5, 0.6) is 0 Å². The van der Waals surface area contributed by atoms with Crippen molar-refractivity contribution in [3.63, 3.8) is 0 Å². The molecule has 0 fully saturated rings. The van der Waals surface area contributed by atoms with Crippen molar-refractivity contribution in [2.45, 2.75) is 12.8 Å². The molecule has 1 aliphatic carbocycles. The molecule has 0 saturated heterocycles. The van der Waals surface area contributed by atoms with E-state index in [-0.39, 0.29) is 5.02 Å². The number of benzene rings is 1. The predicted octanol–water partition coefficient (Wildman–Crippen LogP) is 2.26. The van der Waals surface area contributed by atoms with Crippen LogP contribution < -0.4 is 10.4 Å². The molecule has 1 aromatic rings. The minimum atomic E-state index is -1.22. The third-order valence-corrected chi connectivity index (χ3v) is 4.10. The molecule has 0 aromatic heterocycles. The van der Waals surface area contributed by atoms with Gasteiger partial charge in [0.2, 0.25) is 5.91 Å². The van der Waals surface area contributed by atoms with Gasteiger partial charge in [0.15, 0.2) is 0 Å². The van der Waals surface area contributed by atoms with Gasteiger partial charge in [0.25, 0.3) is 0 Å². The number of hydrogen-bond acceptors (Lipinski definition) is 3. The Labute approximate surface area is 126 Å². The van der Waals surface area contributed by atoms with Crippen molar-refractivity contribution in [3.05, 3.63) is 40.4 Å². The molecule has 0 radical (unpaired) electrons. The topological polar surface area (TPSA) is 69.2 Å². The Morgan fingerprint density at radius 2 is 1.80 bits per heavy atom. The van der Waals surface area contributed by atoms with Crippen LogP contribution in [0.4, 0.5) is 5.69 Å². The number of carboxylic acid groups (broad SMARTS) is 1. The van der Waals surface area contributed by atoms with E-state index in [1.807, 2.05) is 0 Å². The van der Waals surface area contributed by atoms with E-state index in [0.717, 1.165) is 0 Å². The first kappa shape index (κ1) is 14.9. The van der Waals surface area contributed by atoms with E-state index < -0.39 is 23.7 Å². The van der Waals surface area contributed by atoms with Gasteiger partial charge in [0.1, 0.15) is 0 Å². The zero-order valence-corrected chi connectivity index (χ0v) is 11.9. The molecule has 1 amide bonds. The van der Waals surface area contributed by atoms with E-state index in [4.69, 9.17) is 23.2 Å². The van der Waals surface area contributed by atoms with Crippen molar-refractivity contribution in [1.29, 1.82) is 0 Å². The van der Waals surface area contributed by atoms with Gasteiger partial charge in [0, 0.05) is 11.9 Å².